The molecule has 1 aromatic carbocycles. The zero-order valence-corrected chi connectivity index (χ0v) is 14.9. The molecule has 10 heteroatoms. The van der Waals surface area contributed by atoms with E-state index in [4.69, 9.17) is 32.8 Å². The molecule has 1 aromatic rings. The number of hydrogen-bond acceptors (Lipinski definition) is 4. The summed E-state index contributed by atoms with van der Waals surface area (Å²) in [5.41, 5.74) is -2.89. The number of benzene rings is 1. The molecule has 0 radical (unpaired) electrons. The molecule has 0 bridgehead atoms. The van der Waals surface area contributed by atoms with Gasteiger partial charge in [-0.15, -0.1) is 0 Å². The van der Waals surface area contributed by atoms with Crippen molar-refractivity contribution in [3.05, 3.63) is 39.1 Å². The number of alkyl halides is 3. The average Bonchev–Trinajstić information content (AvgIpc) is 2.64. The molecular weight excluding hydrogens is 386 g/mol. The molecule has 1 heterocycles. The fourth-order valence-corrected chi connectivity index (χ4v) is 3.06. The third kappa shape index (κ3) is 3.44. The number of rotatable bonds is 4. The standard InChI is InChI=1S/C15H14Cl2F3NO4/c1-14(2)12(22)11(13(23)21(14)25-6-24-3)10-8(16)4-7(5-9(10)17)15(18,19)20/h4-5,22H,6H2,1-3H3. The summed E-state index contributed by atoms with van der Waals surface area (Å²) < 4.78 is 43.3. The van der Waals surface area contributed by atoms with Crippen molar-refractivity contribution in [1.82, 2.24) is 5.06 Å². The fourth-order valence-electron chi connectivity index (χ4n) is 2.39. The zero-order chi connectivity index (χ0) is 19.2. The number of ether oxygens (including phenoxy) is 1. The monoisotopic (exact) mass is 399 g/mol. The highest BCUT2D eigenvalue weighted by Crippen LogP contribution is 2.45. The Bertz CT molecular complexity index is 724. The summed E-state index contributed by atoms with van der Waals surface area (Å²) in [5, 5.41) is 10.5. The summed E-state index contributed by atoms with van der Waals surface area (Å²) in [6.07, 6.45) is -4.66. The van der Waals surface area contributed by atoms with Crippen molar-refractivity contribution in [2.75, 3.05) is 13.9 Å². The molecule has 0 unspecified atom stereocenters. The van der Waals surface area contributed by atoms with Gasteiger partial charge in [0.05, 0.1) is 21.2 Å². The predicted molar refractivity (Wildman–Crippen MR) is 84.9 cm³/mol. The first-order valence-corrected chi connectivity index (χ1v) is 7.65. The Hall–Kier alpha value is -1.48. The van der Waals surface area contributed by atoms with Gasteiger partial charge in [0.25, 0.3) is 5.91 Å². The largest absolute Gasteiger partial charge is 0.509 e. The van der Waals surface area contributed by atoms with Gasteiger partial charge in [-0.05, 0) is 26.0 Å². The predicted octanol–water partition coefficient (Wildman–Crippen LogP) is 4.44. The summed E-state index contributed by atoms with van der Waals surface area (Å²) in [6, 6.07) is 1.28. The van der Waals surface area contributed by atoms with E-state index in [-0.39, 0.29) is 17.9 Å². The highest BCUT2D eigenvalue weighted by Gasteiger charge is 2.49. The molecule has 25 heavy (non-hydrogen) atoms. The summed E-state index contributed by atoms with van der Waals surface area (Å²) >= 11 is 11.9. The minimum atomic E-state index is -4.66. The van der Waals surface area contributed by atoms with E-state index in [0.717, 1.165) is 5.06 Å². The van der Waals surface area contributed by atoms with E-state index >= 15 is 0 Å². The van der Waals surface area contributed by atoms with E-state index in [0.29, 0.717) is 12.1 Å². The lowest BCUT2D eigenvalue weighted by Crippen LogP contribution is -2.43. The second-order valence-electron chi connectivity index (χ2n) is 5.73. The van der Waals surface area contributed by atoms with Gasteiger partial charge >= 0.3 is 6.18 Å². The van der Waals surface area contributed by atoms with Crippen LogP contribution in [0, 0.1) is 0 Å². The molecule has 5 nitrogen and oxygen atoms in total. The van der Waals surface area contributed by atoms with Gasteiger partial charge < -0.3 is 9.84 Å². The van der Waals surface area contributed by atoms with E-state index in [2.05, 4.69) is 0 Å². The zero-order valence-electron chi connectivity index (χ0n) is 13.4. The van der Waals surface area contributed by atoms with Crippen LogP contribution in [-0.4, -0.2) is 35.5 Å². The van der Waals surface area contributed by atoms with Crippen LogP contribution in [0.1, 0.15) is 25.0 Å². The second kappa shape index (κ2) is 6.68. The van der Waals surface area contributed by atoms with Crippen LogP contribution in [-0.2, 0) is 20.5 Å². The minimum absolute atomic E-state index is 0.199. The molecule has 2 rings (SSSR count). The van der Waals surface area contributed by atoms with Crippen LogP contribution < -0.4 is 0 Å². The maximum absolute atomic E-state index is 12.8. The van der Waals surface area contributed by atoms with Crippen LogP contribution in [0.25, 0.3) is 5.57 Å². The van der Waals surface area contributed by atoms with Gasteiger partial charge in [0.1, 0.15) is 11.3 Å². The number of aliphatic hydroxyl groups excluding tert-OH is 1. The molecule has 0 aromatic heterocycles. The highest BCUT2D eigenvalue weighted by molar-refractivity contribution is 6.41. The van der Waals surface area contributed by atoms with Crippen molar-refractivity contribution in [3.8, 4) is 0 Å². The van der Waals surface area contributed by atoms with E-state index in [1.807, 2.05) is 0 Å². The molecule has 0 saturated carbocycles. The summed E-state index contributed by atoms with van der Waals surface area (Å²) in [6.45, 7) is 2.69. The van der Waals surface area contributed by atoms with E-state index in [1.54, 1.807) is 0 Å². The van der Waals surface area contributed by atoms with Crippen molar-refractivity contribution in [3.63, 3.8) is 0 Å². The molecule has 0 spiro atoms. The smallest absolute Gasteiger partial charge is 0.416 e. The molecular formula is C15H14Cl2F3NO4. The first-order valence-electron chi connectivity index (χ1n) is 6.89. The maximum atomic E-state index is 12.8. The molecule has 0 fully saturated rings. The van der Waals surface area contributed by atoms with Gasteiger partial charge in [-0.25, -0.2) is 9.90 Å². The quantitative estimate of drug-likeness (QED) is 0.760. The minimum Gasteiger partial charge on any atom is -0.509 e. The summed E-state index contributed by atoms with van der Waals surface area (Å²) in [5.74, 6) is -1.24. The third-order valence-electron chi connectivity index (χ3n) is 3.64. The van der Waals surface area contributed by atoms with Gasteiger partial charge in [0.15, 0.2) is 6.79 Å². The van der Waals surface area contributed by atoms with Crippen LogP contribution in [0.2, 0.25) is 10.0 Å². The SMILES string of the molecule is COCON1C(=O)C(c2c(Cl)cc(C(F)(F)F)cc2Cl)=C(O)C1(C)C. The average molecular weight is 400 g/mol. The molecule has 1 aliphatic rings. The van der Waals surface area contributed by atoms with Crippen molar-refractivity contribution < 1.29 is 32.6 Å². The molecule has 1 amide bonds. The number of carbonyl (C=O) groups is 1. The van der Waals surface area contributed by atoms with Crippen LogP contribution in [0.5, 0.6) is 0 Å². The highest BCUT2D eigenvalue weighted by atomic mass is 35.5. The van der Waals surface area contributed by atoms with Gasteiger partial charge in [-0.2, -0.15) is 13.2 Å². The number of carbonyl (C=O) groups excluding carboxylic acids is 1. The van der Waals surface area contributed by atoms with Crippen molar-refractivity contribution in [2.45, 2.75) is 25.6 Å². The number of hydroxylamine groups is 2. The summed E-state index contributed by atoms with van der Waals surface area (Å²) in [7, 11) is 1.34. The molecule has 0 aliphatic carbocycles. The Morgan fingerprint density at radius 2 is 1.76 bits per heavy atom. The van der Waals surface area contributed by atoms with E-state index in [1.165, 1.54) is 21.0 Å². The van der Waals surface area contributed by atoms with Crippen LogP contribution in [0.15, 0.2) is 17.9 Å². The first-order chi connectivity index (χ1) is 11.4. The van der Waals surface area contributed by atoms with Crippen LogP contribution >= 0.6 is 23.2 Å². The Labute approximate surface area is 151 Å². The Kier molecular flexibility index (Phi) is 5.30. The lowest BCUT2D eigenvalue weighted by atomic mass is 9.98. The van der Waals surface area contributed by atoms with Gasteiger partial charge in [-0.3, -0.25) is 4.79 Å². The lowest BCUT2D eigenvalue weighted by Gasteiger charge is -2.30. The number of methoxy groups -OCH3 is 1. The van der Waals surface area contributed by atoms with Crippen LogP contribution in [0.3, 0.4) is 0 Å². The number of halogens is 5. The summed E-state index contributed by atoms with van der Waals surface area (Å²) in [4.78, 5) is 17.8. The second-order valence-corrected chi connectivity index (χ2v) is 6.54. The van der Waals surface area contributed by atoms with Gasteiger partial charge in [0, 0.05) is 12.7 Å². The molecule has 1 aliphatic heterocycles. The molecule has 1 N–H and O–H groups in total. The van der Waals surface area contributed by atoms with Crippen molar-refractivity contribution in [2.24, 2.45) is 0 Å². The Morgan fingerprint density at radius 3 is 2.20 bits per heavy atom. The first kappa shape index (κ1) is 19.8. The Balaban J connectivity index is 2.58. The van der Waals surface area contributed by atoms with Gasteiger partial charge in [-0.1, -0.05) is 23.2 Å². The molecule has 0 saturated heterocycles. The van der Waals surface area contributed by atoms with Crippen molar-refractivity contribution in [1.29, 1.82) is 0 Å². The number of amides is 1. The van der Waals surface area contributed by atoms with Gasteiger partial charge in [0.2, 0.25) is 0 Å². The number of nitrogens with zero attached hydrogens (tertiary/aromatic N) is 1. The lowest BCUT2D eigenvalue weighted by molar-refractivity contribution is -0.238. The number of hydrogen-bond donors (Lipinski definition) is 1. The van der Waals surface area contributed by atoms with E-state index < -0.39 is 39.0 Å². The fraction of sp³-hybridized carbons (Fsp3) is 0.400. The molecule has 138 valence electrons. The maximum Gasteiger partial charge on any atom is 0.416 e. The normalized spacial score (nSPS) is 17.6. The van der Waals surface area contributed by atoms with Crippen molar-refractivity contribution >= 4 is 34.7 Å². The van der Waals surface area contributed by atoms with E-state index in [9.17, 15) is 23.1 Å². The topological polar surface area (TPSA) is 59.0 Å². The van der Waals surface area contributed by atoms with Crippen LogP contribution in [0.4, 0.5) is 13.2 Å². The third-order valence-corrected chi connectivity index (χ3v) is 4.24. The number of aliphatic hydroxyl groups is 1. The Morgan fingerprint density at radius 1 is 1.24 bits per heavy atom. The molecule has 0 atom stereocenters.